The quantitative estimate of drug-likeness (QED) is 0.534. The van der Waals surface area contributed by atoms with Gasteiger partial charge in [-0.3, -0.25) is 4.84 Å². The Bertz CT molecular complexity index is 960. The van der Waals surface area contributed by atoms with E-state index < -0.39 is 6.10 Å². The fraction of sp³-hybridized carbons (Fsp3) is 0.586. The van der Waals surface area contributed by atoms with Gasteiger partial charge in [0.2, 0.25) is 0 Å². The molecule has 1 fully saturated rings. The Balaban J connectivity index is 1.85. The second-order valence-corrected chi connectivity index (χ2v) is 12.3. The number of benzene rings is 2. The van der Waals surface area contributed by atoms with Crippen molar-refractivity contribution in [3.05, 3.63) is 71.0 Å². The van der Waals surface area contributed by atoms with Crippen LogP contribution in [0.5, 0.6) is 0 Å². The van der Waals surface area contributed by atoms with Crippen LogP contribution in [0.25, 0.3) is 0 Å². The van der Waals surface area contributed by atoms with Gasteiger partial charge in [-0.05, 0) is 81.2 Å². The van der Waals surface area contributed by atoms with Crippen LogP contribution in [0.15, 0.2) is 48.5 Å². The lowest BCUT2D eigenvalue weighted by atomic mass is 9.73. The molecule has 4 heteroatoms. The molecule has 1 aliphatic carbocycles. The molecule has 1 saturated heterocycles. The minimum absolute atomic E-state index is 0.106. The van der Waals surface area contributed by atoms with Crippen LogP contribution in [0.1, 0.15) is 102 Å². The number of aliphatic hydroxyl groups excluding tert-OH is 1. The van der Waals surface area contributed by atoms with Gasteiger partial charge in [-0.25, -0.2) is 4.39 Å². The summed E-state index contributed by atoms with van der Waals surface area (Å²) in [5.41, 5.74) is 2.73. The second kappa shape index (κ2) is 8.48. The van der Waals surface area contributed by atoms with Gasteiger partial charge in [-0.2, -0.15) is 5.06 Å². The van der Waals surface area contributed by atoms with Gasteiger partial charge in [0.05, 0.1) is 6.10 Å². The first-order valence-electron chi connectivity index (χ1n) is 12.3. The highest BCUT2D eigenvalue weighted by Crippen LogP contribution is 2.57. The molecule has 2 aliphatic rings. The van der Waals surface area contributed by atoms with Crippen molar-refractivity contribution in [1.82, 2.24) is 5.06 Å². The smallest absolute Gasteiger partial charge is 0.123 e. The Labute approximate surface area is 198 Å². The number of piperidine rings is 1. The number of hydrogen-bond acceptors (Lipinski definition) is 3. The van der Waals surface area contributed by atoms with Crippen molar-refractivity contribution in [1.29, 1.82) is 0 Å². The van der Waals surface area contributed by atoms with Crippen molar-refractivity contribution in [2.75, 3.05) is 0 Å². The average Bonchev–Trinajstić information content (AvgIpc) is 3.04. The van der Waals surface area contributed by atoms with Crippen molar-refractivity contribution in [3.63, 3.8) is 0 Å². The topological polar surface area (TPSA) is 32.7 Å². The van der Waals surface area contributed by atoms with Crippen molar-refractivity contribution < 1.29 is 14.3 Å². The summed E-state index contributed by atoms with van der Waals surface area (Å²) in [7, 11) is 0. The summed E-state index contributed by atoms with van der Waals surface area (Å²) in [6.45, 7) is 15.2. The molecule has 4 rings (SSSR count). The standard InChI is InChI=1S/C29H40FNO2/c1-27(2,3)26(32)24-21-11-8-9-12-22(21)25(23(24)19-13-15-20(30)16-14-19)33-31-28(4,5)17-10-18-29(31,6)7/h8-9,11-16,23-26,32H,10,17-18H2,1-7H3/t23-,24+,25-,26+/m1/s1. The summed E-state index contributed by atoms with van der Waals surface area (Å²) in [6.07, 6.45) is 2.48. The lowest BCUT2D eigenvalue weighted by Gasteiger charge is -2.52. The van der Waals surface area contributed by atoms with E-state index in [-0.39, 0.29) is 40.2 Å². The van der Waals surface area contributed by atoms with E-state index in [0.29, 0.717) is 0 Å². The summed E-state index contributed by atoms with van der Waals surface area (Å²) in [6, 6.07) is 15.1. The normalized spacial score (nSPS) is 27.8. The van der Waals surface area contributed by atoms with Crippen LogP contribution < -0.4 is 0 Å². The molecule has 0 saturated carbocycles. The first kappa shape index (κ1) is 24.4. The summed E-state index contributed by atoms with van der Waals surface area (Å²) < 4.78 is 13.9. The van der Waals surface area contributed by atoms with Gasteiger partial charge in [0.25, 0.3) is 0 Å². The Morgan fingerprint density at radius 3 is 2.03 bits per heavy atom. The molecule has 0 amide bonds. The first-order chi connectivity index (χ1) is 15.3. The highest BCUT2D eigenvalue weighted by Gasteiger charge is 2.51. The summed E-state index contributed by atoms with van der Waals surface area (Å²) in [5.74, 6) is -0.517. The number of hydroxylamine groups is 2. The summed E-state index contributed by atoms with van der Waals surface area (Å²) in [4.78, 5) is 7.03. The van der Waals surface area contributed by atoms with Gasteiger partial charge in [0, 0.05) is 22.9 Å². The van der Waals surface area contributed by atoms with Crippen LogP contribution >= 0.6 is 0 Å². The summed E-state index contributed by atoms with van der Waals surface area (Å²) >= 11 is 0. The number of aliphatic hydroxyl groups is 1. The Hall–Kier alpha value is -1.75. The van der Waals surface area contributed by atoms with Gasteiger partial charge >= 0.3 is 0 Å². The molecule has 33 heavy (non-hydrogen) atoms. The molecular formula is C29H40FNO2. The van der Waals surface area contributed by atoms with E-state index in [1.807, 2.05) is 18.2 Å². The zero-order valence-corrected chi connectivity index (χ0v) is 21.2. The number of nitrogens with zero attached hydrogens (tertiary/aromatic N) is 1. The maximum atomic E-state index is 13.9. The zero-order chi connectivity index (χ0) is 24.2. The number of halogens is 1. The van der Waals surface area contributed by atoms with E-state index >= 15 is 0 Å². The van der Waals surface area contributed by atoms with E-state index in [1.54, 1.807) is 0 Å². The second-order valence-electron chi connectivity index (χ2n) is 12.3. The van der Waals surface area contributed by atoms with Crippen molar-refractivity contribution in [3.8, 4) is 0 Å². The fourth-order valence-corrected chi connectivity index (χ4v) is 6.12. The summed E-state index contributed by atoms with van der Waals surface area (Å²) in [5, 5.41) is 13.8. The molecule has 2 aromatic rings. The predicted octanol–water partition coefficient (Wildman–Crippen LogP) is 7.13. The lowest BCUT2D eigenvalue weighted by molar-refractivity contribution is -0.310. The molecule has 0 unspecified atom stereocenters. The monoisotopic (exact) mass is 453 g/mol. The lowest BCUT2D eigenvalue weighted by Crippen LogP contribution is -2.58. The van der Waals surface area contributed by atoms with Gasteiger partial charge in [-0.1, -0.05) is 57.2 Å². The van der Waals surface area contributed by atoms with Crippen LogP contribution in [-0.2, 0) is 4.84 Å². The molecule has 4 atom stereocenters. The third-order valence-electron chi connectivity index (χ3n) is 7.75. The van der Waals surface area contributed by atoms with Gasteiger partial charge in [-0.15, -0.1) is 0 Å². The van der Waals surface area contributed by atoms with E-state index in [1.165, 1.54) is 18.6 Å². The average molecular weight is 454 g/mol. The van der Waals surface area contributed by atoms with Crippen LogP contribution in [0, 0.1) is 11.2 Å². The van der Waals surface area contributed by atoms with Crippen molar-refractivity contribution >= 4 is 0 Å². The molecule has 180 valence electrons. The van der Waals surface area contributed by atoms with Crippen LogP contribution in [-0.4, -0.2) is 27.4 Å². The van der Waals surface area contributed by atoms with Gasteiger partial charge in [0.15, 0.2) is 0 Å². The first-order valence-corrected chi connectivity index (χ1v) is 12.3. The van der Waals surface area contributed by atoms with E-state index in [9.17, 15) is 9.50 Å². The Morgan fingerprint density at radius 1 is 0.939 bits per heavy atom. The Morgan fingerprint density at radius 2 is 1.48 bits per heavy atom. The molecule has 3 nitrogen and oxygen atoms in total. The molecule has 1 aliphatic heterocycles. The minimum Gasteiger partial charge on any atom is -0.392 e. The molecule has 0 spiro atoms. The maximum Gasteiger partial charge on any atom is 0.123 e. The van der Waals surface area contributed by atoms with Crippen LogP contribution in [0.3, 0.4) is 0 Å². The fourth-order valence-electron chi connectivity index (χ4n) is 6.12. The molecule has 2 aromatic carbocycles. The third kappa shape index (κ3) is 4.50. The number of fused-ring (bicyclic) bond motifs is 1. The SMILES string of the molecule is CC(C)(C)[C@@H](O)[C@H]1c2ccccc2[C@@H](ON2C(C)(C)CCCC2(C)C)[C@@H]1c1ccc(F)cc1. The molecular weight excluding hydrogens is 413 g/mol. The molecule has 1 N–H and O–H groups in total. The van der Waals surface area contributed by atoms with Crippen LogP contribution in [0.4, 0.5) is 4.39 Å². The van der Waals surface area contributed by atoms with E-state index in [4.69, 9.17) is 4.84 Å². The highest BCUT2D eigenvalue weighted by atomic mass is 19.1. The molecule has 0 aromatic heterocycles. The molecule has 1 heterocycles. The van der Waals surface area contributed by atoms with E-state index in [0.717, 1.165) is 29.5 Å². The zero-order valence-electron chi connectivity index (χ0n) is 21.2. The predicted molar refractivity (Wildman–Crippen MR) is 131 cm³/mol. The van der Waals surface area contributed by atoms with Crippen LogP contribution in [0.2, 0.25) is 0 Å². The largest absolute Gasteiger partial charge is 0.392 e. The van der Waals surface area contributed by atoms with Gasteiger partial charge < -0.3 is 5.11 Å². The van der Waals surface area contributed by atoms with Crippen molar-refractivity contribution in [2.24, 2.45) is 5.41 Å². The Kier molecular flexibility index (Phi) is 6.26. The van der Waals surface area contributed by atoms with Gasteiger partial charge in [0.1, 0.15) is 11.9 Å². The number of hydrogen-bond donors (Lipinski definition) is 1. The number of rotatable bonds is 4. The van der Waals surface area contributed by atoms with E-state index in [2.05, 4.69) is 71.7 Å². The molecule has 0 radical (unpaired) electrons. The maximum absolute atomic E-state index is 13.9. The highest BCUT2D eigenvalue weighted by molar-refractivity contribution is 5.45. The van der Waals surface area contributed by atoms with Crippen molar-refractivity contribution in [2.45, 2.75) is 103 Å². The minimum atomic E-state index is -0.579. The molecule has 0 bridgehead atoms. The third-order valence-corrected chi connectivity index (χ3v) is 7.75.